The van der Waals surface area contributed by atoms with Crippen molar-refractivity contribution in [3.05, 3.63) is 5.56 Å². The van der Waals surface area contributed by atoms with E-state index in [2.05, 4.69) is 84.9 Å². The summed E-state index contributed by atoms with van der Waals surface area (Å²) in [6, 6.07) is 0. The predicted molar refractivity (Wildman–Crippen MR) is 137 cm³/mol. The van der Waals surface area contributed by atoms with E-state index in [0.717, 1.165) is 43.3 Å². The molecule has 6 heteroatoms. The summed E-state index contributed by atoms with van der Waals surface area (Å²) < 4.78 is 0. The lowest BCUT2D eigenvalue weighted by Crippen LogP contribution is -2.55. The molecular formula is C26H46N6. The Morgan fingerprint density at radius 2 is 1.59 bits per heavy atom. The number of anilines is 3. The first-order valence-electron chi connectivity index (χ1n) is 12.4. The highest BCUT2D eigenvalue weighted by Crippen LogP contribution is 2.40. The molecule has 0 atom stereocenters. The molecular weight excluding hydrogens is 396 g/mol. The van der Waals surface area contributed by atoms with Gasteiger partial charge in [-0.05, 0) is 91.9 Å². The van der Waals surface area contributed by atoms with E-state index in [0.29, 0.717) is 0 Å². The summed E-state index contributed by atoms with van der Waals surface area (Å²) in [4.78, 5) is 9.49. The van der Waals surface area contributed by atoms with Crippen molar-refractivity contribution in [2.45, 2.75) is 131 Å². The first kappa shape index (κ1) is 24.8. The molecule has 1 saturated heterocycles. The van der Waals surface area contributed by atoms with E-state index in [1.165, 1.54) is 30.5 Å². The van der Waals surface area contributed by atoms with Crippen LogP contribution in [-0.4, -0.2) is 37.3 Å². The zero-order valence-corrected chi connectivity index (χ0v) is 22.2. The summed E-state index contributed by atoms with van der Waals surface area (Å²) in [7, 11) is 0. The average Bonchev–Trinajstić information content (AvgIpc) is 2.60. The highest BCUT2D eigenvalue weighted by molar-refractivity contribution is 5.85. The largest absolute Gasteiger partial charge is 0.349 e. The van der Waals surface area contributed by atoms with Gasteiger partial charge in [-0.25, -0.2) is 0 Å². The second-order valence-electron chi connectivity index (χ2n) is 12.9. The van der Waals surface area contributed by atoms with Crippen LogP contribution in [0.3, 0.4) is 0 Å². The molecule has 1 aromatic heterocycles. The molecule has 0 amide bonds. The fourth-order valence-corrected chi connectivity index (χ4v) is 5.67. The molecule has 0 spiro atoms. The lowest BCUT2D eigenvalue weighted by atomic mass is 9.82. The van der Waals surface area contributed by atoms with Crippen LogP contribution in [0.25, 0.3) is 0 Å². The Morgan fingerprint density at radius 1 is 1.03 bits per heavy atom. The molecule has 0 aromatic carbocycles. The zero-order chi connectivity index (χ0) is 23.9. The van der Waals surface area contributed by atoms with E-state index in [9.17, 15) is 0 Å². The van der Waals surface area contributed by atoms with Crippen molar-refractivity contribution in [2.75, 3.05) is 10.6 Å². The Morgan fingerprint density at radius 3 is 2.09 bits per heavy atom. The van der Waals surface area contributed by atoms with Crippen molar-refractivity contribution in [1.29, 1.82) is 0 Å². The molecule has 0 saturated carbocycles. The molecule has 2 N–H and O–H groups in total. The molecule has 2 bridgehead atoms. The van der Waals surface area contributed by atoms with E-state index in [1.54, 1.807) is 0 Å². The summed E-state index contributed by atoms with van der Waals surface area (Å²) >= 11 is 0. The second-order valence-corrected chi connectivity index (χ2v) is 12.9. The molecule has 0 radical (unpaired) electrons. The summed E-state index contributed by atoms with van der Waals surface area (Å²) in [5.74, 6) is 2.67. The van der Waals surface area contributed by atoms with Crippen molar-refractivity contribution in [3.63, 3.8) is 0 Å². The second kappa shape index (κ2) is 8.49. The topological polar surface area (TPSA) is 65.4 Å². The van der Waals surface area contributed by atoms with Gasteiger partial charge in [-0.15, -0.1) is 0 Å². The third-order valence-corrected chi connectivity index (χ3v) is 6.70. The van der Waals surface area contributed by atoms with Gasteiger partial charge < -0.3 is 10.6 Å². The number of hydrogen-bond donors (Lipinski definition) is 2. The van der Waals surface area contributed by atoms with Gasteiger partial charge in [0.25, 0.3) is 0 Å². The van der Waals surface area contributed by atoms with Crippen LogP contribution in [0, 0.1) is 5.41 Å². The molecule has 2 aliphatic rings. The predicted octanol–water partition coefficient (Wildman–Crippen LogP) is 6.90. The summed E-state index contributed by atoms with van der Waals surface area (Å²) in [6.45, 7) is 22.8. The van der Waals surface area contributed by atoms with Crippen molar-refractivity contribution < 1.29 is 0 Å². The Hall–Kier alpha value is -1.85. The molecule has 0 unspecified atom stereocenters. The van der Waals surface area contributed by atoms with Gasteiger partial charge in [0.2, 0.25) is 5.95 Å². The lowest BCUT2D eigenvalue weighted by molar-refractivity contribution is -0.0250. The quantitative estimate of drug-likeness (QED) is 0.435. The number of piperidine rings is 1. The third kappa shape index (κ3) is 5.74. The van der Waals surface area contributed by atoms with Crippen molar-refractivity contribution in [3.8, 4) is 0 Å². The van der Waals surface area contributed by atoms with Gasteiger partial charge >= 0.3 is 0 Å². The van der Waals surface area contributed by atoms with E-state index in [4.69, 9.17) is 15.1 Å². The zero-order valence-electron chi connectivity index (χ0n) is 22.2. The van der Waals surface area contributed by atoms with Crippen molar-refractivity contribution in [2.24, 2.45) is 10.5 Å². The highest BCUT2D eigenvalue weighted by Gasteiger charge is 2.41. The Bertz CT molecular complexity index is 821. The van der Waals surface area contributed by atoms with E-state index in [1.807, 2.05) is 0 Å². The third-order valence-electron chi connectivity index (χ3n) is 6.70. The molecule has 180 valence electrons. The lowest BCUT2D eigenvalue weighted by Gasteiger charge is -2.51. The number of hydrogen-bond acceptors (Lipinski definition) is 6. The van der Waals surface area contributed by atoms with Gasteiger partial charge in [0.1, 0.15) is 11.6 Å². The first-order chi connectivity index (χ1) is 14.6. The number of nitrogens with one attached hydrogen (secondary N) is 2. The van der Waals surface area contributed by atoms with Crippen LogP contribution in [0.15, 0.2) is 5.10 Å². The SMILES string of the molecule is CCC(CCC1=C2N=C(NC(C)(C)CC(C)(C)C)N=C1N2)=NN1C(C)(C)CCCC1(C)C. The normalized spacial score (nSPS) is 19.9. The molecule has 6 nitrogen and oxygen atoms in total. The van der Waals surface area contributed by atoms with Crippen LogP contribution < -0.4 is 10.6 Å². The minimum atomic E-state index is -0.0538. The van der Waals surface area contributed by atoms with Gasteiger partial charge in [-0.2, -0.15) is 15.1 Å². The Balaban J connectivity index is 1.68. The van der Waals surface area contributed by atoms with E-state index in [-0.39, 0.29) is 22.0 Å². The van der Waals surface area contributed by atoms with Crippen LogP contribution >= 0.6 is 0 Å². The monoisotopic (exact) mass is 442 g/mol. The molecule has 32 heavy (non-hydrogen) atoms. The Labute approximate surface area is 196 Å². The van der Waals surface area contributed by atoms with Gasteiger partial charge in [0.05, 0.1) is 11.1 Å². The molecule has 1 aromatic rings. The van der Waals surface area contributed by atoms with Gasteiger partial charge in [-0.3, -0.25) is 5.01 Å². The van der Waals surface area contributed by atoms with Crippen LogP contribution in [0.5, 0.6) is 0 Å². The standard InChI is InChI=1S/C26H46N6/c1-11-18(31-32-25(7,8)15-12-16-26(32,9)10)13-14-19-20-27-21(19)29-22(28-20)30-24(5,6)17-23(2,3)4/h11-17H2,1-10H3,(H2,27,28,29,30). The minimum absolute atomic E-state index is 0.0538. The summed E-state index contributed by atoms with van der Waals surface area (Å²) in [6.07, 6.45) is 7.57. The number of nitrogens with zero attached hydrogens (tertiary/aromatic N) is 4. The van der Waals surface area contributed by atoms with Gasteiger partial charge in [0, 0.05) is 16.8 Å². The number of fused-ring (bicyclic) bond motifs is 2. The molecule has 3 rings (SSSR count). The highest BCUT2D eigenvalue weighted by atomic mass is 15.5. The Kier molecular flexibility index (Phi) is 6.58. The van der Waals surface area contributed by atoms with Crippen molar-refractivity contribution >= 4 is 23.3 Å². The number of aryl methyl sites for hydroxylation is 1. The fraction of sp³-hybridized carbons (Fsp3) is 0.808. The molecule has 1 fully saturated rings. The molecule has 3 heterocycles. The van der Waals surface area contributed by atoms with Crippen LogP contribution in [0.2, 0.25) is 0 Å². The van der Waals surface area contributed by atoms with Crippen LogP contribution in [0.4, 0.5) is 17.6 Å². The summed E-state index contributed by atoms with van der Waals surface area (Å²) in [5.41, 5.74) is 2.91. The van der Waals surface area contributed by atoms with Gasteiger partial charge in [-0.1, -0.05) is 27.7 Å². The average molecular weight is 443 g/mol. The number of aromatic nitrogens is 2. The first-order valence-corrected chi connectivity index (χ1v) is 12.4. The van der Waals surface area contributed by atoms with E-state index < -0.39 is 0 Å². The smallest absolute Gasteiger partial charge is 0.227 e. The van der Waals surface area contributed by atoms with Crippen molar-refractivity contribution in [1.82, 2.24) is 15.0 Å². The summed E-state index contributed by atoms with van der Waals surface area (Å²) in [5, 5.41) is 14.4. The van der Waals surface area contributed by atoms with Crippen LogP contribution in [0.1, 0.15) is 113 Å². The van der Waals surface area contributed by atoms with Crippen LogP contribution in [-0.2, 0) is 6.42 Å². The molecule has 0 aliphatic carbocycles. The van der Waals surface area contributed by atoms with Gasteiger partial charge in [0.15, 0.2) is 0 Å². The number of rotatable bonds is 8. The maximum absolute atomic E-state index is 5.20. The maximum atomic E-state index is 5.20. The maximum Gasteiger partial charge on any atom is 0.227 e. The number of hydrazone groups is 1. The minimum Gasteiger partial charge on any atom is -0.349 e. The molecule has 2 aliphatic heterocycles. The van der Waals surface area contributed by atoms with E-state index >= 15 is 0 Å². The fourth-order valence-electron chi connectivity index (χ4n) is 5.67.